The van der Waals surface area contributed by atoms with Gasteiger partial charge >= 0.3 is 6.18 Å². The van der Waals surface area contributed by atoms with Crippen LogP contribution in [-0.2, 0) is 27.4 Å². The van der Waals surface area contributed by atoms with Crippen LogP contribution in [0.25, 0.3) is 0 Å². The largest absolute Gasteiger partial charge is 0.416 e. The highest BCUT2D eigenvalue weighted by Gasteiger charge is 2.31. The molecule has 0 saturated carbocycles. The fourth-order valence-electron chi connectivity index (χ4n) is 1.85. The van der Waals surface area contributed by atoms with Crippen molar-refractivity contribution in [1.29, 1.82) is 0 Å². The van der Waals surface area contributed by atoms with Crippen molar-refractivity contribution in [3.8, 4) is 0 Å². The van der Waals surface area contributed by atoms with E-state index in [2.05, 4.69) is 0 Å². The van der Waals surface area contributed by atoms with E-state index in [9.17, 15) is 30.8 Å². The van der Waals surface area contributed by atoms with Crippen LogP contribution in [0.15, 0.2) is 53.4 Å². The van der Waals surface area contributed by atoms with Gasteiger partial charge in [-0.1, -0.05) is 18.2 Å². The number of alkyl halides is 3. The molecule has 0 aliphatic heterocycles. The Morgan fingerprint density at radius 3 is 2.28 bits per heavy atom. The van der Waals surface area contributed by atoms with E-state index in [1.54, 1.807) is 4.83 Å². The number of halogens is 4. The van der Waals surface area contributed by atoms with E-state index in [-0.39, 0.29) is 6.42 Å². The molecule has 134 valence electrons. The minimum Gasteiger partial charge on any atom is -0.277 e. The minimum absolute atomic E-state index is 0.245. The highest BCUT2D eigenvalue weighted by atomic mass is 32.2. The van der Waals surface area contributed by atoms with Crippen LogP contribution in [-0.4, -0.2) is 14.3 Å². The predicted molar refractivity (Wildman–Crippen MR) is 80.0 cm³/mol. The average Bonchev–Trinajstić information content (AvgIpc) is 2.55. The lowest BCUT2D eigenvalue weighted by atomic mass is 10.1. The molecule has 10 heteroatoms. The smallest absolute Gasteiger partial charge is 0.277 e. The summed E-state index contributed by atoms with van der Waals surface area (Å²) in [5.74, 6) is -1.25. The van der Waals surface area contributed by atoms with Crippen LogP contribution >= 0.6 is 0 Å². The van der Waals surface area contributed by atoms with Crippen molar-refractivity contribution in [2.75, 3.05) is 0 Å². The fraction of sp³-hybridized carbons (Fsp3) is 0.133. The summed E-state index contributed by atoms with van der Waals surface area (Å²) in [5, 5.41) is 0. The Kier molecular flexibility index (Phi) is 5.43. The molecule has 2 N–H and O–H groups in total. The van der Waals surface area contributed by atoms with Crippen LogP contribution in [0, 0.1) is 5.82 Å². The highest BCUT2D eigenvalue weighted by molar-refractivity contribution is 7.89. The number of hydrazine groups is 1. The standard InChI is InChI=1S/C15H12F4N2O3S/c16-12-6-4-10(5-7-12)8-14(22)20-21-25(23,24)13-3-1-2-11(9-13)15(17,18)19/h1-7,9,21H,8H2,(H,20,22). The molecule has 1 amide bonds. The first-order valence-corrected chi connectivity index (χ1v) is 8.28. The maximum atomic E-state index is 12.8. The maximum absolute atomic E-state index is 12.8. The molecule has 0 atom stereocenters. The van der Waals surface area contributed by atoms with Gasteiger partial charge in [-0.3, -0.25) is 10.2 Å². The number of carbonyl (C=O) groups excluding carboxylic acids is 1. The van der Waals surface area contributed by atoms with Crippen molar-refractivity contribution in [1.82, 2.24) is 10.3 Å². The number of rotatable bonds is 5. The highest BCUT2D eigenvalue weighted by Crippen LogP contribution is 2.30. The van der Waals surface area contributed by atoms with E-state index in [1.165, 1.54) is 12.1 Å². The molecule has 25 heavy (non-hydrogen) atoms. The number of hydrogen-bond donors (Lipinski definition) is 2. The first-order chi connectivity index (χ1) is 11.6. The molecule has 0 heterocycles. The Bertz CT molecular complexity index is 865. The number of nitrogens with one attached hydrogen (secondary N) is 2. The summed E-state index contributed by atoms with van der Waals surface area (Å²) in [6, 6.07) is 8.04. The number of hydrogen-bond acceptors (Lipinski definition) is 3. The topological polar surface area (TPSA) is 75.3 Å². The average molecular weight is 376 g/mol. The molecule has 0 bridgehead atoms. The minimum atomic E-state index is -4.70. The summed E-state index contributed by atoms with van der Waals surface area (Å²) < 4.78 is 74.6. The van der Waals surface area contributed by atoms with Crippen molar-refractivity contribution < 1.29 is 30.8 Å². The van der Waals surface area contributed by atoms with Gasteiger partial charge in [0.05, 0.1) is 16.9 Å². The fourth-order valence-corrected chi connectivity index (χ4v) is 2.76. The molecule has 0 spiro atoms. The summed E-state index contributed by atoms with van der Waals surface area (Å²) in [6.07, 6.45) is -4.94. The lowest BCUT2D eigenvalue weighted by molar-refractivity contribution is -0.137. The quantitative estimate of drug-likeness (QED) is 0.622. The summed E-state index contributed by atoms with van der Waals surface area (Å²) >= 11 is 0. The number of carbonyl (C=O) groups is 1. The Morgan fingerprint density at radius 1 is 1.04 bits per heavy atom. The Hall–Kier alpha value is -2.46. The summed E-state index contributed by atoms with van der Waals surface area (Å²) in [6.45, 7) is 0. The predicted octanol–water partition coefficient (Wildman–Crippen LogP) is 2.40. The first kappa shape index (κ1) is 18.9. The molecule has 0 aliphatic carbocycles. The zero-order valence-electron chi connectivity index (χ0n) is 12.5. The SMILES string of the molecule is O=C(Cc1ccc(F)cc1)NNS(=O)(=O)c1cccc(C(F)(F)F)c1. The van der Waals surface area contributed by atoms with Crippen LogP contribution < -0.4 is 10.3 Å². The molecule has 0 aromatic heterocycles. The molecule has 0 fully saturated rings. The number of sulfonamides is 1. The van der Waals surface area contributed by atoms with Crippen LogP contribution in [0.5, 0.6) is 0 Å². The maximum Gasteiger partial charge on any atom is 0.416 e. The van der Waals surface area contributed by atoms with Crippen molar-refractivity contribution in [3.05, 3.63) is 65.5 Å². The summed E-state index contributed by atoms with van der Waals surface area (Å²) in [7, 11) is -4.38. The van der Waals surface area contributed by atoms with E-state index in [0.29, 0.717) is 11.6 Å². The molecule has 2 aromatic carbocycles. The van der Waals surface area contributed by atoms with Crippen LogP contribution in [0.3, 0.4) is 0 Å². The number of amides is 1. The van der Waals surface area contributed by atoms with Gasteiger partial charge in [-0.15, -0.1) is 4.83 Å². The van der Waals surface area contributed by atoms with Gasteiger partial charge in [-0.25, -0.2) is 12.8 Å². The molecule has 0 aliphatic rings. The Morgan fingerprint density at radius 2 is 1.68 bits per heavy atom. The van der Waals surface area contributed by atoms with Crippen molar-refractivity contribution >= 4 is 15.9 Å². The van der Waals surface area contributed by atoms with Gasteiger partial charge < -0.3 is 0 Å². The molecule has 0 saturated heterocycles. The second kappa shape index (κ2) is 7.19. The van der Waals surface area contributed by atoms with Crippen molar-refractivity contribution in [2.24, 2.45) is 0 Å². The normalized spacial score (nSPS) is 12.0. The van der Waals surface area contributed by atoms with E-state index in [4.69, 9.17) is 0 Å². The Balaban J connectivity index is 2.04. The number of benzene rings is 2. The monoisotopic (exact) mass is 376 g/mol. The van der Waals surface area contributed by atoms with Gasteiger partial charge in [-0.05, 0) is 35.9 Å². The molecule has 2 aromatic rings. The van der Waals surface area contributed by atoms with E-state index < -0.39 is 38.4 Å². The van der Waals surface area contributed by atoms with Gasteiger partial charge in [0.2, 0.25) is 5.91 Å². The zero-order chi connectivity index (χ0) is 18.7. The second-order valence-corrected chi connectivity index (χ2v) is 6.66. The molecule has 2 rings (SSSR count). The van der Waals surface area contributed by atoms with Crippen molar-refractivity contribution in [3.63, 3.8) is 0 Å². The van der Waals surface area contributed by atoms with E-state index in [1.807, 2.05) is 5.43 Å². The van der Waals surface area contributed by atoms with Crippen LogP contribution in [0.4, 0.5) is 17.6 Å². The summed E-state index contributed by atoms with van der Waals surface area (Å²) in [4.78, 5) is 12.8. The van der Waals surface area contributed by atoms with Crippen LogP contribution in [0.1, 0.15) is 11.1 Å². The Labute approximate surface area is 140 Å². The molecular weight excluding hydrogens is 364 g/mol. The van der Waals surface area contributed by atoms with Gasteiger partial charge in [-0.2, -0.15) is 13.2 Å². The van der Waals surface area contributed by atoms with Gasteiger partial charge in [0.15, 0.2) is 0 Å². The third kappa shape index (κ3) is 5.26. The molecule has 0 radical (unpaired) electrons. The second-order valence-electron chi connectivity index (χ2n) is 4.98. The van der Waals surface area contributed by atoms with E-state index >= 15 is 0 Å². The van der Waals surface area contributed by atoms with Crippen LogP contribution in [0.2, 0.25) is 0 Å². The molecule has 5 nitrogen and oxygen atoms in total. The molecule has 0 unspecified atom stereocenters. The van der Waals surface area contributed by atoms with Gasteiger partial charge in [0, 0.05) is 0 Å². The third-order valence-corrected chi connectivity index (χ3v) is 4.32. The van der Waals surface area contributed by atoms with Gasteiger partial charge in [0.1, 0.15) is 5.82 Å². The first-order valence-electron chi connectivity index (χ1n) is 6.80. The third-order valence-electron chi connectivity index (χ3n) is 3.07. The summed E-state index contributed by atoms with van der Waals surface area (Å²) in [5.41, 5.74) is 1.19. The zero-order valence-corrected chi connectivity index (χ0v) is 13.3. The van der Waals surface area contributed by atoms with Gasteiger partial charge in [0.25, 0.3) is 10.0 Å². The lowest BCUT2D eigenvalue weighted by Gasteiger charge is -2.11. The molecular formula is C15H12F4N2O3S. The van der Waals surface area contributed by atoms with E-state index in [0.717, 1.165) is 30.3 Å². The van der Waals surface area contributed by atoms with Crippen molar-refractivity contribution in [2.45, 2.75) is 17.5 Å². The lowest BCUT2D eigenvalue weighted by Crippen LogP contribution is -2.42.